The molecular weight excluding hydrogens is 227 g/mol. The van der Waals surface area contributed by atoms with E-state index in [1.165, 1.54) is 0 Å². The van der Waals surface area contributed by atoms with Crippen molar-refractivity contribution in [3.05, 3.63) is 28.5 Å². The summed E-state index contributed by atoms with van der Waals surface area (Å²) in [6.07, 6.45) is 2.15. The van der Waals surface area contributed by atoms with Crippen LogP contribution in [0.25, 0.3) is 0 Å². The van der Waals surface area contributed by atoms with Gasteiger partial charge in [0.2, 0.25) is 0 Å². The lowest BCUT2D eigenvalue weighted by molar-refractivity contribution is -0.137. The second-order valence-electron chi connectivity index (χ2n) is 2.85. The summed E-state index contributed by atoms with van der Waals surface area (Å²) in [6, 6.07) is 0.862. The number of terminal acetylenes is 1. The minimum absolute atomic E-state index is 0.0000694. The number of alkyl halides is 3. The molecule has 80 valence electrons. The van der Waals surface area contributed by atoms with Gasteiger partial charge in [-0.15, -0.1) is 12.3 Å². The first-order valence-electron chi connectivity index (χ1n) is 4.10. The van der Waals surface area contributed by atoms with Crippen molar-refractivity contribution in [2.45, 2.75) is 19.0 Å². The van der Waals surface area contributed by atoms with E-state index in [0.29, 0.717) is 18.5 Å². The van der Waals surface area contributed by atoms with Crippen LogP contribution in [-0.2, 0) is 12.6 Å². The quantitative estimate of drug-likeness (QED) is 0.714. The fourth-order valence-corrected chi connectivity index (χ4v) is 1.26. The molecule has 0 aliphatic rings. The molecule has 0 fully saturated rings. The molecule has 0 aromatic carbocycles. The molecule has 15 heavy (non-hydrogen) atoms. The van der Waals surface area contributed by atoms with Crippen LogP contribution in [0.5, 0.6) is 0 Å². The van der Waals surface area contributed by atoms with Gasteiger partial charge in [0.25, 0.3) is 0 Å². The van der Waals surface area contributed by atoms with Crippen LogP contribution in [-0.4, -0.2) is 4.98 Å². The third kappa shape index (κ3) is 3.14. The van der Waals surface area contributed by atoms with Gasteiger partial charge in [-0.3, -0.25) is 4.98 Å². The highest BCUT2D eigenvalue weighted by atomic mass is 35.5. The molecule has 0 aliphatic carbocycles. The number of nitrogens with zero attached hydrogens (tertiary/aromatic N) is 1. The van der Waals surface area contributed by atoms with E-state index in [4.69, 9.17) is 18.0 Å². The second kappa shape index (κ2) is 4.54. The molecule has 1 aromatic rings. The lowest BCUT2D eigenvalue weighted by Gasteiger charge is -2.08. The fraction of sp³-hybridized carbons (Fsp3) is 0.300. The van der Waals surface area contributed by atoms with E-state index in [1.54, 1.807) is 0 Å². The van der Waals surface area contributed by atoms with E-state index in [9.17, 15) is 13.2 Å². The lowest BCUT2D eigenvalue weighted by Crippen LogP contribution is -2.06. The monoisotopic (exact) mass is 233 g/mol. The standard InChI is InChI=1S/C10H7ClF3N/c1-2-3-4-9-8(11)5-7(6-15-9)10(12,13)14/h1,5-6H,3-4H2. The number of aromatic nitrogens is 1. The first kappa shape index (κ1) is 11.9. The molecule has 0 radical (unpaired) electrons. The maximum atomic E-state index is 12.2. The Bertz CT molecular complexity index is 393. The Morgan fingerprint density at radius 1 is 1.47 bits per heavy atom. The summed E-state index contributed by atoms with van der Waals surface area (Å²) >= 11 is 5.64. The Labute approximate surface area is 90.3 Å². The first-order valence-corrected chi connectivity index (χ1v) is 4.48. The van der Waals surface area contributed by atoms with Gasteiger partial charge in [0.05, 0.1) is 16.3 Å². The van der Waals surface area contributed by atoms with Gasteiger partial charge in [-0.05, 0) is 6.07 Å². The van der Waals surface area contributed by atoms with Gasteiger partial charge < -0.3 is 0 Å². The summed E-state index contributed by atoms with van der Waals surface area (Å²) in [5, 5.41) is 0.0000694. The Hall–Kier alpha value is -1.21. The van der Waals surface area contributed by atoms with Crippen molar-refractivity contribution in [1.29, 1.82) is 0 Å². The van der Waals surface area contributed by atoms with E-state index < -0.39 is 11.7 Å². The van der Waals surface area contributed by atoms with Gasteiger partial charge in [0.15, 0.2) is 0 Å². The molecule has 0 atom stereocenters. The smallest absolute Gasteiger partial charge is 0.259 e. The third-order valence-electron chi connectivity index (χ3n) is 1.75. The molecule has 0 spiro atoms. The van der Waals surface area contributed by atoms with Crippen LogP contribution in [0.3, 0.4) is 0 Å². The normalized spacial score (nSPS) is 11.1. The van der Waals surface area contributed by atoms with E-state index >= 15 is 0 Å². The minimum Gasteiger partial charge on any atom is -0.259 e. The molecule has 0 bridgehead atoms. The largest absolute Gasteiger partial charge is 0.417 e. The van der Waals surface area contributed by atoms with Gasteiger partial charge in [0.1, 0.15) is 0 Å². The van der Waals surface area contributed by atoms with Crippen molar-refractivity contribution in [1.82, 2.24) is 4.98 Å². The van der Waals surface area contributed by atoms with Crippen LogP contribution in [0.4, 0.5) is 13.2 Å². The van der Waals surface area contributed by atoms with Crippen LogP contribution in [0.1, 0.15) is 17.7 Å². The zero-order valence-corrected chi connectivity index (χ0v) is 8.36. The second-order valence-corrected chi connectivity index (χ2v) is 3.26. The molecule has 1 aromatic heterocycles. The molecular formula is C10H7ClF3N. The maximum Gasteiger partial charge on any atom is 0.417 e. The van der Waals surface area contributed by atoms with Crippen molar-refractivity contribution in [2.75, 3.05) is 0 Å². The average Bonchev–Trinajstić information content (AvgIpc) is 2.14. The number of pyridine rings is 1. The maximum absolute atomic E-state index is 12.2. The highest BCUT2D eigenvalue weighted by Crippen LogP contribution is 2.31. The summed E-state index contributed by atoms with van der Waals surface area (Å²) in [5.41, 5.74) is -0.459. The van der Waals surface area contributed by atoms with E-state index in [2.05, 4.69) is 10.9 Å². The van der Waals surface area contributed by atoms with Gasteiger partial charge in [-0.1, -0.05) is 11.6 Å². The first-order chi connectivity index (χ1) is 6.95. The van der Waals surface area contributed by atoms with Gasteiger partial charge in [-0.25, -0.2) is 0 Å². The highest BCUT2D eigenvalue weighted by molar-refractivity contribution is 6.31. The van der Waals surface area contributed by atoms with Crippen LogP contribution in [0.15, 0.2) is 12.3 Å². The molecule has 0 saturated heterocycles. The molecule has 0 unspecified atom stereocenters. The molecule has 0 N–H and O–H groups in total. The van der Waals surface area contributed by atoms with E-state index in [0.717, 1.165) is 12.3 Å². The van der Waals surface area contributed by atoms with Crippen LogP contribution < -0.4 is 0 Å². The lowest BCUT2D eigenvalue weighted by atomic mass is 10.2. The third-order valence-corrected chi connectivity index (χ3v) is 2.08. The van der Waals surface area contributed by atoms with Gasteiger partial charge in [0, 0.05) is 19.0 Å². The molecule has 0 amide bonds. The zero-order chi connectivity index (χ0) is 11.5. The van der Waals surface area contributed by atoms with Crippen molar-refractivity contribution in [3.63, 3.8) is 0 Å². The van der Waals surface area contributed by atoms with Crippen molar-refractivity contribution >= 4 is 11.6 Å². The number of hydrogen-bond acceptors (Lipinski definition) is 1. The fourth-order valence-electron chi connectivity index (χ4n) is 0.996. The number of hydrogen-bond donors (Lipinski definition) is 0. The van der Waals surface area contributed by atoms with Crippen LogP contribution in [0.2, 0.25) is 5.02 Å². The van der Waals surface area contributed by atoms with Gasteiger partial charge >= 0.3 is 6.18 Å². The SMILES string of the molecule is C#CCCc1ncc(C(F)(F)F)cc1Cl. The predicted molar refractivity (Wildman–Crippen MR) is 51.4 cm³/mol. The molecule has 0 saturated carbocycles. The Morgan fingerprint density at radius 3 is 2.60 bits per heavy atom. The molecule has 5 heteroatoms. The number of halogens is 4. The summed E-state index contributed by atoms with van der Waals surface area (Å²) in [7, 11) is 0. The van der Waals surface area contributed by atoms with Crippen LogP contribution in [0, 0.1) is 12.3 Å². The summed E-state index contributed by atoms with van der Waals surface area (Å²) < 4.78 is 36.7. The summed E-state index contributed by atoms with van der Waals surface area (Å²) in [5.74, 6) is 2.37. The zero-order valence-electron chi connectivity index (χ0n) is 7.61. The van der Waals surface area contributed by atoms with E-state index in [1.807, 2.05) is 0 Å². The average molecular weight is 234 g/mol. The predicted octanol–water partition coefficient (Wildman–Crippen LogP) is 3.32. The van der Waals surface area contributed by atoms with Gasteiger partial charge in [-0.2, -0.15) is 13.2 Å². The highest BCUT2D eigenvalue weighted by Gasteiger charge is 2.31. The Morgan fingerprint density at radius 2 is 2.13 bits per heavy atom. The molecule has 1 rings (SSSR count). The molecule has 1 nitrogen and oxygen atoms in total. The van der Waals surface area contributed by atoms with E-state index in [-0.39, 0.29) is 5.02 Å². The Balaban J connectivity index is 2.94. The van der Waals surface area contributed by atoms with Crippen molar-refractivity contribution in [2.24, 2.45) is 0 Å². The minimum atomic E-state index is -4.42. The van der Waals surface area contributed by atoms with Crippen molar-refractivity contribution in [3.8, 4) is 12.3 Å². The van der Waals surface area contributed by atoms with Crippen molar-refractivity contribution < 1.29 is 13.2 Å². The number of aryl methyl sites for hydroxylation is 1. The molecule has 1 heterocycles. The van der Waals surface area contributed by atoms with Crippen LogP contribution >= 0.6 is 11.6 Å². The number of rotatable bonds is 2. The molecule has 0 aliphatic heterocycles. The Kier molecular flexibility index (Phi) is 3.59. The summed E-state index contributed by atoms with van der Waals surface area (Å²) in [6.45, 7) is 0. The summed E-state index contributed by atoms with van der Waals surface area (Å²) in [4.78, 5) is 3.63. The topological polar surface area (TPSA) is 12.9 Å².